The molecule has 0 spiro atoms. The number of carbonyl (C=O) groups excluding carboxylic acids is 1. The molecule has 0 bridgehead atoms. The van der Waals surface area contributed by atoms with E-state index in [0.717, 1.165) is 32.1 Å². The molecule has 0 aromatic carbocycles. The zero-order valence-electron chi connectivity index (χ0n) is 15.7. The zero-order chi connectivity index (χ0) is 19.3. The van der Waals surface area contributed by atoms with Gasteiger partial charge < -0.3 is 0 Å². The molecule has 0 N–H and O–H groups in total. The minimum absolute atomic E-state index is 0.248. The van der Waals surface area contributed by atoms with Crippen LogP contribution in [0, 0.1) is 10.1 Å². The lowest BCUT2D eigenvalue weighted by molar-refractivity contribution is -0.427. The van der Waals surface area contributed by atoms with E-state index >= 15 is 0 Å². The fourth-order valence-electron chi connectivity index (χ4n) is 1.98. The van der Waals surface area contributed by atoms with Crippen LogP contribution >= 0.6 is 0 Å². The van der Waals surface area contributed by atoms with Crippen LogP contribution in [0.1, 0.15) is 58.3 Å². The predicted octanol–water partition coefficient (Wildman–Crippen LogP) is 6.18. The highest BCUT2D eigenvalue weighted by Gasteiger charge is 2.05. The van der Waals surface area contributed by atoms with Crippen molar-refractivity contribution in [2.24, 2.45) is 0 Å². The lowest BCUT2D eigenvalue weighted by Crippen LogP contribution is -1.97. The molecule has 4 nitrogen and oxygen atoms in total. The van der Waals surface area contributed by atoms with Crippen LogP contribution in [0.4, 0.5) is 0 Å². The van der Waals surface area contributed by atoms with Gasteiger partial charge in [-0.05, 0) is 44.6 Å². The molecule has 0 rings (SSSR count). The van der Waals surface area contributed by atoms with E-state index in [2.05, 4.69) is 24.3 Å². The fraction of sp³-hybridized carbons (Fsp3) is 0.409. The summed E-state index contributed by atoms with van der Waals surface area (Å²) in [5.41, 5.74) is 0.248. The van der Waals surface area contributed by atoms with Crippen LogP contribution in [0.15, 0.2) is 72.5 Å². The van der Waals surface area contributed by atoms with Crippen LogP contribution in [-0.4, -0.2) is 11.2 Å². The van der Waals surface area contributed by atoms with Gasteiger partial charge in [0.05, 0.1) is 11.3 Å². The molecule has 0 aliphatic carbocycles. The van der Waals surface area contributed by atoms with Gasteiger partial charge in [-0.2, -0.15) is 0 Å². The van der Waals surface area contributed by atoms with Crippen molar-refractivity contribution in [3.63, 3.8) is 0 Å². The number of hydrogen-bond donors (Lipinski definition) is 0. The summed E-state index contributed by atoms with van der Waals surface area (Å²) in [5, 5.41) is 10.9. The zero-order valence-corrected chi connectivity index (χ0v) is 15.7. The van der Waals surface area contributed by atoms with Gasteiger partial charge in [-0.1, -0.05) is 67.7 Å². The molecule has 0 aliphatic rings. The van der Waals surface area contributed by atoms with Gasteiger partial charge in [-0.3, -0.25) is 14.9 Å². The van der Waals surface area contributed by atoms with Crippen LogP contribution in [0.5, 0.6) is 0 Å². The number of rotatable bonds is 15. The molecular formula is C22H30NO3. The largest absolute Gasteiger partial charge is 0.291 e. The molecule has 0 fully saturated rings. The lowest BCUT2D eigenvalue weighted by atomic mass is 10.2. The molecular weight excluding hydrogens is 326 g/mol. The first-order valence-corrected chi connectivity index (χ1v) is 9.15. The molecule has 26 heavy (non-hydrogen) atoms. The van der Waals surface area contributed by atoms with E-state index in [1.807, 2.05) is 49.7 Å². The van der Waals surface area contributed by atoms with E-state index in [-0.39, 0.29) is 10.6 Å². The van der Waals surface area contributed by atoms with Gasteiger partial charge >= 0.3 is 0 Å². The number of allylic oxidation sites excluding steroid dienone is 11. The molecule has 4 heteroatoms. The Balaban J connectivity index is 3.90. The van der Waals surface area contributed by atoms with Gasteiger partial charge in [0.15, 0.2) is 6.29 Å². The second kappa shape index (κ2) is 18.8. The van der Waals surface area contributed by atoms with Crippen molar-refractivity contribution in [3.05, 3.63) is 82.6 Å². The Morgan fingerprint density at radius 1 is 0.846 bits per heavy atom. The van der Waals surface area contributed by atoms with Gasteiger partial charge in [0.25, 0.3) is 0 Å². The predicted molar refractivity (Wildman–Crippen MR) is 109 cm³/mol. The molecule has 0 amide bonds. The van der Waals surface area contributed by atoms with Gasteiger partial charge in [0.1, 0.15) is 0 Å². The highest BCUT2D eigenvalue weighted by Crippen LogP contribution is 2.06. The molecule has 141 valence electrons. The van der Waals surface area contributed by atoms with Crippen LogP contribution in [0.25, 0.3) is 0 Å². The minimum atomic E-state index is -0.310. The summed E-state index contributed by atoms with van der Waals surface area (Å²) in [6.45, 7) is 2.01. The van der Waals surface area contributed by atoms with E-state index in [1.165, 1.54) is 0 Å². The first-order valence-electron chi connectivity index (χ1n) is 9.15. The average molecular weight is 356 g/mol. The van der Waals surface area contributed by atoms with Crippen molar-refractivity contribution in [3.8, 4) is 0 Å². The third-order valence-electron chi connectivity index (χ3n) is 3.35. The first kappa shape index (κ1) is 23.5. The van der Waals surface area contributed by atoms with Crippen molar-refractivity contribution in [2.45, 2.75) is 58.3 Å². The molecule has 0 aromatic rings. The van der Waals surface area contributed by atoms with Crippen molar-refractivity contribution < 1.29 is 9.72 Å². The summed E-state index contributed by atoms with van der Waals surface area (Å²) in [6, 6.07) is 0. The quantitative estimate of drug-likeness (QED) is 0.152. The molecule has 0 saturated heterocycles. The van der Waals surface area contributed by atoms with Crippen LogP contribution in [-0.2, 0) is 4.79 Å². The highest BCUT2D eigenvalue weighted by atomic mass is 16.6. The van der Waals surface area contributed by atoms with E-state index in [4.69, 9.17) is 0 Å². The van der Waals surface area contributed by atoms with E-state index in [1.54, 1.807) is 6.08 Å². The summed E-state index contributed by atoms with van der Waals surface area (Å²) < 4.78 is 0. The van der Waals surface area contributed by atoms with Crippen molar-refractivity contribution in [1.82, 2.24) is 0 Å². The Bertz CT molecular complexity index is 552. The SMILES string of the molecule is CC/C=C\C/C(=C\C/C=C\C/C=C\C/C=C\C/C=C\CC[C]=O)[N+](=O)[O-]. The van der Waals surface area contributed by atoms with E-state index in [0.29, 0.717) is 19.3 Å². The molecule has 0 saturated carbocycles. The van der Waals surface area contributed by atoms with Crippen molar-refractivity contribution in [1.29, 1.82) is 0 Å². The summed E-state index contributed by atoms with van der Waals surface area (Å²) >= 11 is 0. The summed E-state index contributed by atoms with van der Waals surface area (Å²) in [4.78, 5) is 20.6. The summed E-state index contributed by atoms with van der Waals surface area (Å²) in [7, 11) is 0. The maximum absolute atomic E-state index is 10.9. The average Bonchev–Trinajstić information content (AvgIpc) is 2.63. The Hall–Kier alpha value is -2.49. The minimum Gasteiger partial charge on any atom is -0.291 e. The molecule has 0 aliphatic heterocycles. The fourth-order valence-corrected chi connectivity index (χ4v) is 1.98. The standard InChI is InChI=1S/C22H30NO3/c1-2-3-16-19-22(23(25)26)20-17-14-12-10-8-6-4-5-7-9-11-13-15-18-21-24/h3,5-8,11-14,16,20H,2,4,9-10,15,17-19H2,1H3/b7-5-,8-6-,13-11-,14-12-,16-3-,22-20+. The highest BCUT2D eigenvalue weighted by molar-refractivity contribution is 5.50. The third kappa shape index (κ3) is 16.4. The molecule has 0 heterocycles. The van der Waals surface area contributed by atoms with Crippen molar-refractivity contribution in [2.75, 3.05) is 0 Å². The second-order valence-electron chi connectivity index (χ2n) is 5.55. The van der Waals surface area contributed by atoms with Gasteiger partial charge in [-0.25, -0.2) is 0 Å². The molecule has 0 aromatic heterocycles. The van der Waals surface area contributed by atoms with Crippen molar-refractivity contribution >= 4 is 6.29 Å². The monoisotopic (exact) mass is 356 g/mol. The van der Waals surface area contributed by atoms with Gasteiger partial charge in [-0.15, -0.1) is 0 Å². The van der Waals surface area contributed by atoms with Gasteiger partial charge in [0.2, 0.25) is 5.70 Å². The molecule has 0 atom stereocenters. The third-order valence-corrected chi connectivity index (χ3v) is 3.35. The number of nitrogens with zero attached hydrogens (tertiary/aromatic N) is 1. The topological polar surface area (TPSA) is 60.2 Å². The van der Waals surface area contributed by atoms with Crippen LogP contribution < -0.4 is 0 Å². The number of nitro groups is 1. The van der Waals surface area contributed by atoms with E-state index < -0.39 is 0 Å². The maximum atomic E-state index is 10.9. The smallest absolute Gasteiger partial charge is 0.246 e. The van der Waals surface area contributed by atoms with Crippen LogP contribution in [0.3, 0.4) is 0 Å². The lowest BCUT2D eigenvalue weighted by Gasteiger charge is -1.93. The Labute approximate surface area is 157 Å². The Morgan fingerprint density at radius 3 is 1.88 bits per heavy atom. The Kier molecular flexibility index (Phi) is 17.0. The number of unbranched alkanes of at least 4 members (excludes halogenated alkanes) is 1. The normalized spacial score (nSPS) is 13.2. The summed E-state index contributed by atoms with van der Waals surface area (Å²) in [6.07, 6.45) is 29.4. The molecule has 1 radical (unpaired) electrons. The maximum Gasteiger partial charge on any atom is 0.246 e. The first-order chi connectivity index (χ1) is 12.7. The Morgan fingerprint density at radius 2 is 1.38 bits per heavy atom. The number of hydrogen-bond acceptors (Lipinski definition) is 3. The van der Waals surface area contributed by atoms with Crippen LogP contribution in [0.2, 0.25) is 0 Å². The second-order valence-corrected chi connectivity index (χ2v) is 5.55. The van der Waals surface area contributed by atoms with Gasteiger partial charge in [0, 0.05) is 6.42 Å². The van der Waals surface area contributed by atoms with E-state index in [9.17, 15) is 14.9 Å². The molecule has 0 unspecified atom stereocenters. The summed E-state index contributed by atoms with van der Waals surface area (Å²) in [5.74, 6) is 0.